The average molecular weight is 231 g/mol. The fourth-order valence-electron chi connectivity index (χ4n) is 1.14. The second kappa shape index (κ2) is 4.65. The molecule has 0 aliphatic heterocycles. The lowest BCUT2D eigenvalue weighted by molar-refractivity contribution is -0.385. The van der Waals surface area contributed by atoms with Gasteiger partial charge in [0.2, 0.25) is 0 Å². The third-order valence-corrected chi connectivity index (χ3v) is 1.92. The largest absolute Gasteiger partial charge is 0.469 e. The lowest BCUT2D eigenvalue weighted by atomic mass is 10.1. The summed E-state index contributed by atoms with van der Waals surface area (Å²) in [5.74, 6) is -3.53. The molecule has 0 radical (unpaired) electrons. The maximum Gasteiger partial charge on any atom is 0.310 e. The molecule has 0 heterocycles. The monoisotopic (exact) mass is 231 g/mol. The fraction of sp³-hybridized carbons (Fsp3) is 0.222. The van der Waals surface area contributed by atoms with Crippen LogP contribution in [0, 0.1) is 21.7 Å². The Morgan fingerprint density at radius 3 is 2.62 bits per heavy atom. The van der Waals surface area contributed by atoms with E-state index in [1.807, 2.05) is 0 Å². The van der Waals surface area contributed by atoms with Crippen molar-refractivity contribution in [3.63, 3.8) is 0 Å². The van der Waals surface area contributed by atoms with Crippen molar-refractivity contribution in [2.45, 2.75) is 6.42 Å². The minimum absolute atomic E-state index is 0.614. The van der Waals surface area contributed by atoms with Gasteiger partial charge < -0.3 is 4.74 Å². The van der Waals surface area contributed by atoms with Crippen molar-refractivity contribution >= 4 is 11.7 Å². The van der Waals surface area contributed by atoms with Gasteiger partial charge in [0.15, 0.2) is 11.6 Å². The van der Waals surface area contributed by atoms with E-state index in [1.54, 1.807) is 0 Å². The molecule has 1 aromatic carbocycles. The Morgan fingerprint density at radius 2 is 2.12 bits per heavy atom. The summed E-state index contributed by atoms with van der Waals surface area (Å²) >= 11 is 0. The molecule has 0 saturated heterocycles. The van der Waals surface area contributed by atoms with Gasteiger partial charge in [-0.25, -0.2) is 8.78 Å². The standard InChI is InChI=1S/C9H7F2NO4/c1-16-8(13)4-5-7(12(14)15)3-2-6(10)9(5)11/h2-3H,4H2,1H3. The number of hydrogen-bond donors (Lipinski definition) is 0. The van der Waals surface area contributed by atoms with Gasteiger partial charge >= 0.3 is 5.97 Å². The van der Waals surface area contributed by atoms with E-state index >= 15 is 0 Å². The summed E-state index contributed by atoms with van der Waals surface area (Å²) in [7, 11) is 1.05. The topological polar surface area (TPSA) is 69.4 Å². The van der Waals surface area contributed by atoms with E-state index in [9.17, 15) is 23.7 Å². The van der Waals surface area contributed by atoms with Crippen LogP contribution in [0.5, 0.6) is 0 Å². The molecule has 0 amide bonds. The average Bonchev–Trinajstić information content (AvgIpc) is 2.24. The van der Waals surface area contributed by atoms with Gasteiger partial charge in [-0.2, -0.15) is 0 Å². The minimum atomic E-state index is -1.40. The van der Waals surface area contributed by atoms with Crippen molar-refractivity contribution in [3.8, 4) is 0 Å². The molecule has 7 heteroatoms. The van der Waals surface area contributed by atoms with Gasteiger partial charge in [0.25, 0.3) is 5.69 Å². The van der Waals surface area contributed by atoms with Gasteiger partial charge in [0, 0.05) is 6.07 Å². The number of benzene rings is 1. The highest BCUT2D eigenvalue weighted by Gasteiger charge is 2.23. The number of ether oxygens (including phenoxy) is 1. The van der Waals surface area contributed by atoms with Crippen LogP contribution < -0.4 is 0 Å². The van der Waals surface area contributed by atoms with Crippen molar-refractivity contribution in [3.05, 3.63) is 39.4 Å². The number of nitrogens with zero attached hydrogens (tertiary/aromatic N) is 1. The third-order valence-electron chi connectivity index (χ3n) is 1.92. The lowest BCUT2D eigenvalue weighted by Gasteiger charge is -2.03. The number of nitro groups is 1. The molecule has 0 fully saturated rings. The molecule has 1 aromatic rings. The number of hydrogen-bond acceptors (Lipinski definition) is 4. The molecule has 0 aliphatic carbocycles. The summed E-state index contributed by atoms with van der Waals surface area (Å²) < 4.78 is 30.3. The molecule has 0 bridgehead atoms. The van der Waals surface area contributed by atoms with Gasteiger partial charge in [-0.3, -0.25) is 14.9 Å². The molecule has 86 valence electrons. The number of carbonyl (C=O) groups is 1. The van der Waals surface area contributed by atoms with Crippen LogP contribution in [0.25, 0.3) is 0 Å². The fourth-order valence-corrected chi connectivity index (χ4v) is 1.14. The number of halogens is 2. The quantitative estimate of drug-likeness (QED) is 0.450. The normalized spacial score (nSPS) is 9.94. The highest BCUT2D eigenvalue weighted by molar-refractivity contribution is 5.74. The van der Waals surface area contributed by atoms with Gasteiger partial charge in [-0.1, -0.05) is 0 Å². The molecule has 0 saturated carbocycles. The summed E-state index contributed by atoms with van der Waals surface area (Å²) in [5.41, 5.74) is -1.26. The zero-order chi connectivity index (χ0) is 12.3. The number of rotatable bonds is 3. The maximum atomic E-state index is 13.2. The molecule has 0 unspecified atom stereocenters. The van der Waals surface area contributed by atoms with Crippen LogP contribution >= 0.6 is 0 Å². The molecule has 5 nitrogen and oxygen atoms in total. The van der Waals surface area contributed by atoms with Gasteiger partial charge in [0.05, 0.1) is 24.0 Å². The van der Waals surface area contributed by atoms with Crippen LogP contribution in [0.1, 0.15) is 5.56 Å². The van der Waals surface area contributed by atoms with Crippen molar-refractivity contribution < 1.29 is 23.2 Å². The molecule has 0 N–H and O–H groups in total. The summed E-state index contributed by atoms with van der Waals surface area (Å²) in [6.07, 6.45) is -0.684. The highest BCUT2D eigenvalue weighted by atomic mass is 19.2. The van der Waals surface area contributed by atoms with E-state index in [0.717, 1.165) is 13.2 Å². The lowest BCUT2D eigenvalue weighted by Crippen LogP contribution is -2.09. The first-order valence-electron chi connectivity index (χ1n) is 4.15. The Morgan fingerprint density at radius 1 is 1.50 bits per heavy atom. The van der Waals surface area contributed by atoms with E-state index in [1.165, 1.54) is 0 Å². The zero-order valence-corrected chi connectivity index (χ0v) is 8.20. The van der Waals surface area contributed by atoms with E-state index < -0.39 is 40.2 Å². The van der Waals surface area contributed by atoms with E-state index in [-0.39, 0.29) is 0 Å². The first-order chi connectivity index (χ1) is 7.47. The number of methoxy groups -OCH3 is 1. The van der Waals surface area contributed by atoms with Gasteiger partial charge in [0.1, 0.15) is 0 Å². The molecule has 0 aromatic heterocycles. The smallest absolute Gasteiger partial charge is 0.310 e. The van der Waals surface area contributed by atoms with Crippen molar-refractivity contribution in [2.24, 2.45) is 0 Å². The molecule has 16 heavy (non-hydrogen) atoms. The van der Waals surface area contributed by atoms with Crippen molar-refractivity contribution in [2.75, 3.05) is 7.11 Å². The molecule has 0 atom stereocenters. The van der Waals surface area contributed by atoms with Crippen LogP contribution in [0.2, 0.25) is 0 Å². The SMILES string of the molecule is COC(=O)Cc1c([N+](=O)[O-])ccc(F)c1F. The van der Waals surface area contributed by atoms with E-state index in [2.05, 4.69) is 4.74 Å². The Bertz CT molecular complexity index is 447. The minimum Gasteiger partial charge on any atom is -0.469 e. The molecule has 1 rings (SSSR count). The van der Waals surface area contributed by atoms with Gasteiger partial charge in [-0.15, -0.1) is 0 Å². The Hall–Kier alpha value is -2.05. The van der Waals surface area contributed by atoms with Crippen LogP contribution in [0.4, 0.5) is 14.5 Å². The summed E-state index contributed by atoms with van der Waals surface area (Å²) in [6.45, 7) is 0. The van der Waals surface area contributed by atoms with Gasteiger partial charge in [-0.05, 0) is 6.07 Å². The van der Waals surface area contributed by atoms with E-state index in [4.69, 9.17) is 0 Å². The zero-order valence-electron chi connectivity index (χ0n) is 8.20. The summed E-state index contributed by atoms with van der Waals surface area (Å²) in [4.78, 5) is 20.5. The van der Waals surface area contributed by atoms with Crippen LogP contribution in [-0.2, 0) is 16.0 Å². The Balaban J connectivity index is 3.26. The second-order valence-electron chi connectivity index (χ2n) is 2.87. The number of nitro benzene ring substituents is 1. The number of esters is 1. The third kappa shape index (κ3) is 2.30. The maximum absolute atomic E-state index is 13.2. The first-order valence-corrected chi connectivity index (χ1v) is 4.15. The predicted octanol–water partition coefficient (Wildman–Crippen LogP) is 1.59. The van der Waals surface area contributed by atoms with Crippen molar-refractivity contribution in [1.82, 2.24) is 0 Å². The summed E-state index contributed by atoms with van der Waals surface area (Å²) in [6, 6.07) is 1.44. The molecular formula is C9H7F2NO4. The second-order valence-corrected chi connectivity index (χ2v) is 2.87. The Labute approximate surface area is 88.8 Å². The number of carbonyl (C=O) groups excluding carboxylic acids is 1. The van der Waals surface area contributed by atoms with Crippen molar-refractivity contribution in [1.29, 1.82) is 0 Å². The molecule has 0 aliphatic rings. The predicted molar refractivity (Wildman–Crippen MR) is 48.7 cm³/mol. The molecule has 0 spiro atoms. The van der Waals surface area contributed by atoms with Crippen LogP contribution in [-0.4, -0.2) is 18.0 Å². The van der Waals surface area contributed by atoms with Crippen LogP contribution in [0.3, 0.4) is 0 Å². The Kier molecular flexibility index (Phi) is 3.49. The molecular weight excluding hydrogens is 224 g/mol. The first kappa shape index (κ1) is 12.0. The van der Waals surface area contributed by atoms with Crippen LogP contribution in [0.15, 0.2) is 12.1 Å². The highest BCUT2D eigenvalue weighted by Crippen LogP contribution is 2.24. The van der Waals surface area contributed by atoms with E-state index in [0.29, 0.717) is 6.07 Å². The summed E-state index contributed by atoms with van der Waals surface area (Å²) in [5, 5.41) is 10.5.